The number of hydrogen-bond acceptors (Lipinski definition) is 4. The first-order valence-electron chi connectivity index (χ1n) is 6.18. The summed E-state index contributed by atoms with van der Waals surface area (Å²) in [5, 5.41) is 5.84. The lowest BCUT2D eigenvalue weighted by atomic mass is 10.1. The van der Waals surface area contributed by atoms with E-state index in [9.17, 15) is 8.42 Å². The molecule has 0 aliphatic rings. The zero-order valence-corrected chi connectivity index (χ0v) is 11.8. The maximum atomic E-state index is 10.9. The van der Waals surface area contributed by atoms with Crippen LogP contribution >= 0.6 is 0 Å². The third kappa shape index (κ3) is 3.07. The molecule has 1 aromatic carbocycles. The quantitative estimate of drug-likeness (QED) is 0.665. The molecule has 0 aliphatic heterocycles. The highest BCUT2D eigenvalue weighted by molar-refractivity contribution is 7.87. The summed E-state index contributed by atoms with van der Waals surface area (Å²) in [6.07, 6.45) is 3.29. The van der Waals surface area contributed by atoms with Gasteiger partial charge in [0, 0.05) is 23.7 Å². The Morgan fingerprint density at radius 3 is 2.90 bits per heavy atom. The molecule has 2 aromatic heterocycles. The maximum absolute atomic E-state index is 10.9. The van der Waals surface area contributed by atoms with Gasteiger partial charge in [-0.2, -0.15) is 13.1 Å². The molecular formula is C13H13N5O2S. The Morgan fingerprint density at radius 1 is 1.24 bits per heavy atom. The van der Waals surface area contributed by atoms with Crippen LogP contribution in [0.3, 0.4) is 0 Å². The van der Waals surface area contributed by atoms with Gasteiger partial charge < -0.3 is 4.98 Å². The van der Waals surface area contributed by atoms with Crippen LogP contribution in [0.2, 0.25) is 0 Å². The SMILES string of the molecule is NS(=O)(=O)NCc1cccc(-c2ncnc3[nH]ccc23)c1. The van der Waals surface area contributed by atoms with E-state index in [1.165, 1.54) is 6.33 Å². The lowest BCUT2D eigenvalue weighted by Crippen LogP contribution is -2.30. The molecule has 0 unspecified atom stereocenters. The van der Waals surface area contributed by atoms with Crippen LogP contribution in [0.5, 0.6) is 0 Å². The first-order chi connectivity index (χ1) is 10.0. The predicted octanol–water partition coefficient (Wildman–Crippen LogP) is 0.918. The molecule has 7 nitrogen and oxygen atoms in total. The van der Waals surface area contributed by atoms with Crippen molar-refractivity contribution in [2.75, 3.05) is 0 Å². The van der Waals surface area contributed by atoms with E-state index < -0.39 is 10.2 Å². The number of aromatic amines is 1. The molecule has 0 radical (unpaired) electrons. The number of hydrogen-bond donors (Lipinski definition) is 3. The monoisotopic (exact) mass is 303 g/mol. The molecule has 108 valence electrons. The van der Waals surface area contributed by atoms with Crippen molar-refractivity contribution in [2.45, 2.75) is 6.54 Å². The standard InChI is InChI=1S/C13H13N5O2S/c14-21(19,20)18-7-9-2-1-3-10(6-9)12-11-4-5-15-13(11)17-8-16-12/h1-6,8,18H,7H2,(H2,14,19,20)(H,15,16,17). The highest BCUT2D eigenvalue weighted by atomic mass is 32.2. The van der Waals surface area contributed by atoms with Gasteiger partial charge in [-0.25, -0.2) is 15.1 Å². The maximum Gasteiger partial charge on any atom is 0.274 e. The highest BCUT2D eigenvalue weighted by Gasteiger charge is 2.08. The normalized spacial score (nSPS) is 11.9. The van der Waals surface area contributed by atoms with Crippen molar-refractivity contribution in [1.29, 1.82) is 0 Å². The molecule has 0 fully saturated rings. The molecule has 3 rings (SSSR count). The molecule has 0 aliphatic carbocycles. The third-order valence-corrected chi connectivity index (χ3v) is 3.58. The van der Waals surface area contributed by atoms with Crippen molar-refractivity contribution in [3.05, 3.63) is 48.4 Å². The van der Waals surface area contributed by atoms with E-state index in [0.29, 0.717) is 0 Å². The van der Waals surface area contributed by atoms with Crippen LogP contribution in [0.1, 0.15) is 5.56 Å². The molecule has 0 saturated carbocycles. The smallest absolute Gasteiger partial charge is 0.274 e. The summed E-state index contributed by atoms with van der Waals surface area (Å²) in [7, 11) is -3.71. The number of nitrogens with zero attached hydrogens (tertiary/aromatic N) is 2. The Hall–Kier alpha value is -2.29. The average molecular weight is 303 g/mol. The summed E-state index contributed by atoms with van der Waals surface area (Å²) < 4.78 is 24.1. The summed E-state index contributed by atoms with van der Waals surface area (Å²) in [5.74, 6) is 0. The van der Waals surface area contributed by atoms with Gasteiger partial charge in [0.1, 0.15) is 12.0 Å². The average Bonchev–Trinajstić information content (AvgIpc) is 2.93. The van der Waals surface area contributed by atoms with Crippen molar-refractivity contribution < 1.29 is 8.42 Å². The zero-order chi connectivity index (χ0) is 14.9. The molecule has 0 amide bonds. The van der Waals surface area contributed by atoms with E-state index in [2.05, 4.69) is 19.7 Å². The second-order valence-corrected chi connectivity index (χ2v) is 5.91. The molecule has 0 spiro atoms. The van der Waals surface area contributed by atoms with Gasteiger partial charge in [-0.15, -0.1) is 0 Å². The van der Waals surface area contributed by atoms with Crippen molar-refractivity contribution in [3.63, 3.8) is 0 Å². The lowest BCUT2D eigenvalue weighted by Gasteiger charge is -2.06. The van der Waals surface area contributed by atoms with E-state index >= 15 is 0 Å². The van der Waals surface area contributed by atoms with E-state index in [1.807, 2.05) is 30.3 Å². The summed E-state index contributed by atoms with van der Waals surface area (Å²) in [6, 6.07) is 9.34. The van der Waals surface area contributed by atoms with Crippen molar-refractivity contribution in [1.82, 2.24) is 19.7 Å². The molecule has 3 aromatic rings. The van der Waals surface area contributed by atoms with Crippen LogP contribution < -0.4 is 9.86 Å². The number of rotatable bonds is 4. The molecule has 21 heavy (non-hydrogen) atoms. The summed E-state index contributed by atoms with van der Waals surface area (Å²) in [4.78, 5) is 11.5. The van der Waals surface area contributed by atoms with Crippen molar-refractivity contribution >= 4 is 21.2 Å². The summed E-state index contributed by atoms with van der Waals surface area (Å²) in [5.41, 5.74) is 3.23. The number of H-pyrrole nitrogens is 1. The fraction of sp³-hybridized carbons (Fsp3) is 0.0769. The van der Waals surface area contributed by atoms with Crippen molar-refractivity contribution in [3.8, 4) is 11.3 Å². The second-order valence-electron chi connectivity index (χ2n) is 4.53. The number of nitrogens with one attached hydrogen (secondary N) is 2. The van der Waals surface area contributed by atoms with E-state index in [-0.39, 0.29) is 6.54 Å². The van der Waals surface area contributed by atoms with E-state index in [0.717, 1.165) is 27.9 Å². The topological polar surface area (TPSA) is 114 Å². The minimum Gasteiger partial charge on any atom is -0.346 e. The molecule has 0 saturated heterocycles. The number of fused-ring (bicyclic) bond motifs is 1. The van der Waals surface area contributed by atoms with Gasteiger partial charge in [0.15, 0.2) is 0 Å². The zero-order valence-electron chi connectivity index (χ0n) is 10.9. The third-order valence-electron chi connectivity index (χ3n) is 3.03. The minimum atomic E-state index is -3.71. The van der Waals surface area contributed by atoms with Gasteiger partial charge in [0.05, 0.1) is 5.69 Å². The Labute approximate surface area is 121 Å². The Morgan fingerprint density at radius 2 is 2.10 bits per heavy atom. The number of aromatic nitrogens is 3. The van der Waals surface area contributed by atoms with Gasteiger partial charge in [-0.3, -0.25) is 0 Å². The fourth-order valence-electron chi connectivity index (χ4n) is 2.11. The van der Waals surface area contributed by atoms with Crippen LogP contribution in [0.15, 0.2) is 42.9 Å². The predicted molar refractivity (Wildman–Crippen MR) is 79.3 cm³/mol. The molecular weight excluding hydrogens is 290 g/mol. The van der Waals surface area contributed by atoms with Crippen LogP contribution in [0.25, 0.3) is 22.3 Å². The molecule has 0 atom stereocenters. The Kier molecular flexibility index (Phi) is 3.42. The minimum absolute atomic E-state index is 0.133. The lowest BCUT2D eigenvalue weighted by molar-refractivity contribution is 0.583. The van der Waals surface area contributed by atoms with Crippen LogP contribution in [-0.4, -0.2) is 23.4 Å². The molecule has 4 N–H and O–H groups in total. The van der Waals surface area contributed by atoms with E-state index in [4.69, 9.17) is 5.14 Å². The Balaban J connectivity index is 1.98. The van der Waals surface area contributed by atoms with Gasteiger partial charge in [0.25, 0.3) is 10.2 Å². The van der Waals surface area contributed by atoms with E-state index in [1.54, 1.807) is 6.20 Å². The highest BCUT2D eigenvalue weighted by Crippen LogP contribution is 2.25. The van der Waals surface area contributed by atoms with Crippen molar-refractivity contribution in [2.24, 2.45) is 5.14 Å². The first-order valence-corrected chi connectivity index (χ1v) is 7.72. The molecule has 2 heterocycles. The summed E-state index contributed by atoms with van der Waals surface area (Å²) >= 11 is 0. The number of nitrogens with two attached hydrogens (primary N) is 1. The van der Waals surface area contributed by atoms with Gasteiger partial charge in [-0.1, -0.05) is 18.2 Å². The van der Waals surface area contributed by atoms with Crippen LogP contribution in [-0.2, 0) is 16.8 Å². The molecule has 8 heteroatoms. The second kappa shape index (κ2) is 5.24. The van der Waals surface area contributed by atoms with Crippen LogP contribution in [0, 0.1) is 0 Å². The first kappa shape index (κ1) is 13.7. The largest absolute Gasteiger partial charge is 0.346 e. The Bertz CT molecular complexity index is 888. The van der Waals surface area contributed by atoms with Gasteiger partial charge >= 0.3 is 0 Å². The summed E-state index contributed by atoms with van der Waals surface area (Å²) in [6.45, 7) is 0.133. The fourth-order valence-corrected chi connectivity index (χ4v) is 2.48. The van der Waals surface area contributed by atoms with Crippen LogP contribution in [0.4, 0.5) is 0 Å². The molecule has 0 bridgehead atoms. The number of benzene rings is 1. The van der Waals surface area contributed by atoms with Gasteiger partial charge in [0.2, 0.25) is 0 Å². The van der Waals surface area contributed by atoms with Gasteiger partial charge in [-0.05, 0) is 17.7 Å².